The summed E-state index contributed by atoms with van der Waals surface area (Å²) in [5, 5.41) is 0. The molecule has 0 radical (unpaired) electrons. The maximum absolute atomic E-state index is 11.2. The van der Waals surface area contributed by atoms with Gasteiger partial charge in [-0.25, -0.2) is 9.78 Å². The average Bonchev–Trinajstić information content (AvgIpc) is 3.06. The molecule has 6 heteroatoms. The van der Waals surface area contributed by atoms with Gasteiger partial charge in [0.25, 0.3) is 0 Å². The summed E-state index contributed by atoms with van der Waals surface area (Å²) in [5.41, 5.74) is 5.78. The lowest BCUT2D eigenvalue weighted by molar-refractivity contribution is -0.136. The number of hydrogen-bond donors (Lipinski definition) is 1. The van der Waals surface area contributed by atoms with Gasteiger partial charge in [-0.05, 0) is 31.2 Å². The largest absolute Gasteiger partial charge is 0.460 e. The highest BCUT2D eigenvalue weighted by Gasteiger charge is 2.00. The third kappa shape index (κ3) is 5.02. The highest BCUT2D eigenvalue weighted by Crippen LogP contribution is 2.11. The standard InChI is InChI=1S/C15H17N3O3/c1-12(16)9-15(19)20-8-2-3-13-4-5-14(21-13)10-18-7-6-17-11-18/h2-7,9,11H,8,10,16H2,1H3. The SMILES string of the molecule is CC(N)=CC(=O)OCC=Cc1ccc(Cn2ccnc2)o1. The summed E-state index contributed by atoms with van der Waals surface area (Å²) in [7, 11) is 0. The third-order valence-corrected chi connectivity index (χ3v) is 2.53. The topological polar surface area (TPSA) is 83.3 Å². The van der Waals surface area contributed by atoms with Gasteiger partial charge in [-0.3, -0.25) is 0 Å². The number of furan rings is 1. The van der Waals surface area contributed by atoms with Crippen LogP contribution in [-0.4, -0.2) is 22.1 Å². The van der Waals surface area contributed by atoms with Crippen LogP contribution in [0, 0.1) is 0 Å². The first-order chi connectivity index (χ1) is 10.1. The van der Waals surface area contributed by atoms with Crippen LogP contribution >= 0.6 is 0 Å². The summed E-state index contributed by atoms with van der Waals surface area (Å²) in [5.74, 6) is 1.07. The van der Waals surface area contributed by atoms with Crippen LogP contribution < -0.4 is 5.73 Å². The van der Waals surface area contributed by atoms with E-state index in [1.54, 1.807) is 31.6 Å². The summed E-state index contributed by atoms with van der Waals surface area (Å²) in [6, 6.07) is 3.75. The molecule has 21 heavy (non-hydrogen) atoms. The fourth-order valence-electron chi connectivity index (χ4n) is 1.65. The molecule has 0 fully saturated rings. The first-order valence-electron chi connectivity index (χ1n) is 6.45. The van der Waals surface area contributed by atoms with Crippen LogP contribution in [0.2, 0.25) is 0 Å². The average molecular weight is 287 g/mol. The molecule has 0 aromatic carbocycles. The van der Waals surface area contributed by atoms with E-state index in [1.807, 2.05) is 22.9 Å². The lowest BCUT2D eigenvalue weighted by Gasteiger charge is -1.97. The molecule has 2 N–H and O–H groups in total. The van der Waals surface area contributed by atoms with Crippen LogP contribution in [-0.2, 0) is 16.1 Å². The summed E-state index contributed by atoms with van der Waals surface area (Å²) >= 11 is 0. The van der Waals surface area contributed by atoms with Gasteiger partial charge in [0.2, 0.25) is 0 Å². The Morgan fingerprint density at radius 2 is 2.38 bits per heavy atom. The lowest BCUT2D eigenvalue weighted by Crippen LogP contribution is -2.03. The van der Waals surface area contributed by atoms with Crippen molar-refractivity contribution in [1.82, 2.24) is 9.55 Å². The Balaban J connectivity index is 1.81. The Labute approximate surface area is 122 Å². The number of aromatic nitrogens is 2. The number of carbonyl (C=O) groups is 1. The van der Waals surface area contributed by atoms with Crippen molar-refractivity contribution in [3.05, 3.63) is 60.2 Å². The second-order valence-electron chi connectivity index (χ2n) is 4.46. The molecule has 0 unspecified atom stereocenters. The molecule has 0 aliphatic heterocycles. The summed E-state index contributed by atoms with van der Waals surface area (Å²) in [4.78, 5) is 15.2. The van der Waals surface area contributed by atoms with Crippen molar-refractivity contribution in [1.29, 1.82) is 0 Å². The highest BCUT2D eigenvalue weighted by atomic mass is 16.5. The zero-order valence-electron chi connectivity index (χ0n) is 11.7. The zero-order valence-corrected chi connectivity index (χ0v) is 11.7. The van der Waals surface area contributed by atoms with Crippen molar-refractivity contribution < 1.29 is 13.9 Å². The van der Waals surface area contributed by atoms with Gasteiger partial charge >= 0.3 is 5.97 Å². The van der Waals surface area contributed by atoms with Crippen LogP contribution in [0.1, 0.15) is 18.4 Å². The Kier molecular flexibility index (Phi) is 4.98. The molecule has 2 heterocycles. The second-order valence-corrected chi connectivity index (χ2v) is 4.46. The van der Waals surface area contributed by atoms with Gasteiger partial charge in [0.1, 0.15) is 18.1 Å². The predicted molar refractivity (Wildman–Crippen MR) is 78.0 cm³/mol. The summed E-state index contributed by atoms with van der Waals surface area (Å²) < 4.78 is 12.5. The normalized spacial score (nSPS) is 12.0. The molecule has 2 aromatic heterocycles. The molecule has 0 saturated heterocycles. The number of rotatable bonds is 6. The third-order valence-electron chi connectivity index (χ3n) is 2.53. The molecule has 2 rings (SSSR count). The van der Waals surface area contributed by atoms with Gasteiger partial charge in [-0.15, -0.1) is 0 Å². The molecule has 6 nitrogen and oxygen atoms in total. The van der Waals surface area contributed by atoms with E-state index in [9.17, 15) is 4.79 Å². The summed E-state index contributed by atoms with van der Waals surface area (Å²) in [6.07, 6.45) is 10.0. The van der Waals surface area contributed by atoms with E-state index >= 15 is 0 Å². The predicted octanol–water partition coefficient (Wildman–Crippen LogP) is 1.94. The van der Waals surface area contributed by atoms with Crippen molar-refractivity contribution in [3.63, 3.8) is 0 Å². The van der Waals surface area contributed by atoms with E-state index in [1.165, 1.54) is 6.08 Å². The quantitative estimate of drug-likeness (QED) is 0.648. The number of esters is 1. The number of imidazole rings is 1. The van der Waals surface area contributed by atoms with E-state index in [2.05, 4.69) is 4.98 Å². The highest BCUT2D eigenvalue weighted by molar-refractivity contribution is 5.82. The first-order valence-corrected chi connectivity index (χ1v) is 6.45. The number of nitrogens with two attached hydrogens (primary N) is 1. The Hall–Kier alpha value is -2.76. The van der Waals surface area contributed by atoms with E-state index < -0.39 is 5.97 Å². The molecule has 0 amide bonds. The van der Waals surface area contributed by atoms with Crippen LogP contribution in [0.3, 0.4) is 0 Å². The minimum atomic E-state index is -0.458. The molecule has 0 bridgehead atoms. The van der Waals surface area contributed by atoms with Crippen molar-refractivity contribution >= 4 is 12.0 Å². The molecule has 0 aliphatic carbocycles. The summed E-state index contributed by atoms with van der Waals surface area (Å²) in [6.45, 7) is 2.42. The fraction of sp³-hybridized carbons (Fsp3) is 0.200. The Morgan fingerprint density at radius 3 is 3.10 bits per heavy atom. The maximum atomic E-state index is 11.2. The van der Waals surface area contributed by atoms with Crippen LogP contribution in [0.5, 0.6) is 0 Å². The van der Waals surface area contributed by atoms with Crippen LogP contribution in [0.15, 0.2) is 53.1 Å². The molecule has 2 aromatic rings. The van der Waals surface area contributed by atoms with Crippen LogP contribution in [0.4, 0.5) is 0 Å². The first kappa shape index (κ1) is 14.6. The Bertz CT molecular complexity index is 635. The number of hydrogen-bond acceptors (Lipinski definition) is 5. The smallest absolute Gasteiger partial charge is 0.332 e. The number of nitrogens with zero attached hydrogens (tertiary/aromatic N) is 2. The van der Waals surface area contributed by atoms with Gasteiger partial charge in [0.15, 0.2) is 0 Å². The van der Waals surface area contributed by atoms with Crippen LogP contribution in [0.25, 0.3) is 6.08 Å². The molecular formula is C15H17N3O3. The van der Waals surface area contributed by atoms with Gasteiger partial charge in [0.05, 0.1) is 12.9 Å². The number of carbonyl (C=O) groups excluding carboxylic acids is 1. The number of ether oxygens (including phenoxy) is 1. The van der Waals surface area contributed by atoms with Gasteiger partial charge in [0, 0.05) is 24.2 Å². The number of allylic oxidation sites excluding steroid dienone is 1. The zero-order chi connectivity index (χ0) is 15.1. The minimum Gasteiger partial charge on any atom is -0.460 e. The molecule has 110 valence electrons. The molecular weight excluding hydrogens is 270 g/mol. The molecule has 0 spiro atoms. The van der Waals surface area contributed by atoms with Crippen molar-refractivity contribution in [2.24, 2.45) is 5.73 Å². The van der Waals surface area contributed by atoms with E-state index in [4.69, 9.17) is 14.9 Å². The van der Waals surface area contributed by atoms with Gasteiger partial charge in [-0.1, -0.05) is 0 Å². The monoisotopic (exact) mass is 287 g/mol. The van der Waals surface area contributed by atoms with Gasteiger partial charge < -0.3 is 19.5 Å². The maximum Gasteiger partial charge on any atom is 0.332 e. The van der Waals surface area contributed by atoms with Crippen molar-refractivity contribution in [2.75, 3.05) is 6.61 Å². The molecule has 0 saturated carbocycles. The van der Waals surface area contributed by atoms with E-state index in [0.29, 0.717) is 18.0 Å². The van der Waals surface area contributed by atoms with Crippen molar-refractivity contribution in [2.45, 2.75) is 13.5 Å². The fourth-order valence-corrected chi connectivity index (χ4v) is 1.65. The van der Waals surface area contributed by atoms with E-state index in [0.717, 1.165) is 5.76 Å². The second kappa shape index (κ2) is 7.14. The Morgan fingerprint density at radius 1 is 1.52 bits per heavy atom. The van der Waals surface area contributed by atoms with Gasteiger partial charge in [-0.2, -0.15) is 0 Å². The molecule has 0 atom stereocenters. The van der Waals surface area contributed by atoms with Crippen molar-refractivity contribution in [3.8, 4) is 0 Å². The molecule has 0 aliphatic rings. The van der Waals surface area contributed by atoms with E-state index in [-0.39, 0.29) is 6.61 Å². The lowest BCUT2D eigenvalue weighted by atomic mass is 10.4. The minimum absolute atomic E-state index is 0.167.